The SMILES string of the molecule is COc1cccnc1C(=O)CCc1coc(-c2ccc(OCC(F)(F)F)c(C3CC3)c2OC)n1. The van der Waals surface area contributed by atoms with E-state index in [0.717, 1.165) is 12.8 Å². The molecule has 1 fully saturated rings. The fraction of sp³-hybridized carbons (Fsp3) is 0.375. The molecule has 0 radical (unpaired) electrons. The van der Waals surface area contributed by atoms with Crippen molar-refractivity contribution in [1.82, 2.24) is 9.97 Å². The quantitative estimate of drug-likeness (QED) is 0.363. The zero-order valence-electron chi connectivity index (χ0n) is 18.6. The number of carbonyl (C=O) groups excluding carboxylic acids is 1. The Hall–Kier alpha value is -3.56. The number of hydrogen-bond acceptors (Lipinski definition) is 7. The number of hydrogen-bond donors (Lipinski definition) is 0. The minimum Gasteiger partial charge on any atom is -0.495 e. The predicted octanol–water partition coefficient (Wildman–Crippen LogP) is 5.39. The number of nitrogens with zero attached hydrogens (tertiary/aromatic N) is 2. The molecule has 0 saturated heterocycles. The van der Waals surface area contributed by atoms with Gasteiger partial charge in [-0.2, -0.15) is 13.2 Å². The Bertz CT molecular complexity index is 1170. The van der Waals surface area contributed by atoms with Crippen molar-refractivity contribution >= 4 is 5.78 Å². The van der Waals surface area contributed by atoms with Crippen LogP contribution in [0.2, 0.25) is 0 Å². The van der Waals surface area contributed by atoms with Crippen LogP contribution in [0.15, 0.2) is 41.1 Å². The summed E-state index contributed by atoms with van der Waals surface area (Å²) in [6.07, 6.45) is 0.649. The van der Waals surface area contributed by atoms with Crippen LogP contribution in [-0.4, -0.2) is 42.8 Å². The molecular weight excluding hydrogens is 453 g/mol. The highest BCUT2D eigenvalue weighted by Gasteiger charge is 2.35. The van der Waals surface area contributed by atoms with Crippen molar-refractivity contribution in [2.45, 2.75) is 37.8 Å². The van der Waals surface area contributed by atoms with E-state index in [2.05, 4.69) is 9.97 Å². The number of benzene rings is 1. The molecule has 7 nitrogen and oxygen atoms in total. The normalized spacial score (nSPS) is 13.6. The van der Waals surface area contributed by atoms with Crippen LogP contribution in [-0.2, 0) is 6.42 Å². The number of oxazole rings is 1. The molecule has 2 heterocycles. The van der Waals surface area contributed by atoms with E-state index in [-0.39, 0.29) is 35.5 Å². The van der Waals surface area contributed by atoms with Crippen LogP contribution in [0.3, 0.4) is 0 Å². The highest BCUT2D eigenvalue weighted by molar-refractivity contribution is 5.96. The van der Waals surface area contributed by atoms with Gasteiger partial charge in [0.1, 0.15) is 29.2 Å². The smallest absolute Gasteiger partial charge is 0.422 e. The lowest BCUT2D eigenvalue weighted by molar-refractivity contribution is -0.153. The van der Waals surface area contributed by atoms with Gasteiger partial charge in [0, 0.05) is 24.6 Å². The van der Waals surface area contributed by atoms with Gasteiger partial charge in [0.05, 0.1) is 25.5 Å². The van der Waals surface area contributed by atoms with Gasteiger partial charge in [-0.1, -0.05) is 0 Å². The van der Waals surface area contributed by atoms with Gasteiger partial charge in [-0.05, 0) is 43.0 Å². The average Bonchev–Trinajstić information content (AvgIpc) is 3.56. The molecule has 0 bridgehead atoms. The van der Waals surface area contributed by atoms with Gasteiger partial charge < -0.3 is 18.6 Å². The number of aromatic nitrogens is 2. The Morgan fingerprint density at radius 2 is 1.94 bits per heavy atom. The summed E-state index contributed by atoms with van der Waals surface area (Å²) in [7, 11) is 2.92. The molecule has 3 aromatic rings. The Morgan fingerprint density at radius 3 is 2.62 bits per heavy atom. The van der Waals surface area contributed by atoms with Crippen molar-refractivity contribution in [3.63, 3.8) is 0 Å². The molecule has 1 aliphatic rings. The number of aryl methyl sites for hydroxylation is 1. The van der Waals surface area contributed by atoms with Gasteiger partial charge in [0.2, 0.25) is 5.89 Å². The van der Waals surface area contributed by atoms with Crippen LogP contribution in [0, 0.1) is 0 Å². The maximum Gasteiger partial charge on any atom is 0.422 e. The van der Waals surface area contributed by atoms with Crippen LogP contribution < -0.4 is 14.2 Å². The minimum atomic E-state index is -4.44. The molecular formula is C24H23F3N2O5. The lowest BCUT2D eigenvalue weighted by Crippen LogP contribution is -2.19. The Balaban J connectivity index is 1.53. The van der Waals surface area contributed by atoms with Gasteiger partial charge >= 0.3 is 6.18 Å². The van der Waals surface area contributed by atoms with Crippen LogP contribution in [0.5, 0.6) is 17.2 Å². The first-order valence-electron chi connectivity index (χ1n) is 10.7. The number of carbonyl (C=O) groups is 1. The molecule has 180 valence electrons. The summed E-state index contributed by atoms with van der Waals surface area (Å²) in [6, 6.07) is 6.40. The first-order chi connectivity index (χ1) is 16.3. The first kappa shape index (κ1) is 23.6. The monoisotopic (exact) mass is 476 g/mol. The van der Waals surface area contributed by atoms with E-state index in [0.29, 0.717) is 34.7 Å². The molecule has 1 saturated carbocycles. The van der Waals surface area contributed by atoms with Crippen molar-refractivity contribution in [2.75, 3.05) is 20.8 Å². The number of halogens is 3. The molecule has 1 aliphatic carbocycles. The number of rotatable bonds is 10. The predicted molar refractivity (Wildman–Crippen MR) is 115 cm³/mol. The van der Waals surface area contributed by atoms with Crippen molar-refractivity contribution in [2.24, 2.45) is 0 Å². The fourth-order valence-corrected chi connectivity index (χ4v) is 3.68. The molecule has 1 aromatic carbocycles. The minimum absolute atomic E-state index is 0.0542. The molecule has 34 heavy (non-hydrogen) atoms. The first-order valence-corrected chi connectivity index (χ1v) is 10.7. The van der Waals surface area contributed by atoms with Crippen LogP contribution in [0.25, 0.3) is 11.5 Å². The van der Waals surface area contributed by atoms with Crippen LogP contribution >= 0.6 is 0 Å². The molecule has 0 unspecified atom stereocenters. The van der Waals surface area contributed by atoms with E-state index in [1.165, 1.54) is 32.7 Å². The van der Waals surface area contributed by atoms with E-state index in [4.69, 9.17) is 18.6 Å². The third-order valence-electron chi connectivity index (χ3n) is 5.38. The van der Waals surface area contributed by atoms with E-state index in [1.807, 2.05) is 0 Å². The summed E-state index contributed by atoms with van der Waals surface area (Å²) in [6.45, 7) is -1.38. The van der Waals surface area contributed by atoms with E-state index in [9.17, 15) is 18.0 Å². The fourth-order valence-electron chi connectivity index (χ4n) is 3.68. The molecule has 0 aliphatic heterocycles. The topological polar surface area (TPSA) is 83.7 Å². The Kier molecular flexibility index (Phi) is 6.76. The number of Topliss-reactive ketones (excluding diaryl/α,β-unsaturated/α-hetero) is 1. The Labute approximate surface area is 193 Å². The third-order valence-corrected chi connectivity index (χ3v) is 5.38. The summed E-state index contributed by atoms with van der Waals surface area (Å²) >= 11 is 0. The van der Waals surface area contributed by atoms with Gasteiger partial charge in [-0.15, -0.1) is 0 Å². The second-order valence-corrected chi connectivity index (χ2v) is 7.86. The summed E-state index contributed by atoms with van der Waals surface area (Å²) < 4.78 is 59.5. The summed E-state index contributed by atoms with van der Waals surface area (Å²) in [5, 5.41) is 0. The van der Waals surface area contributed by atoms with Gasteiger partial charge in [0.15, 0.2) is 12.4 Å². The van der Waals surface area contributed by atoms with Gasteiger partial charge in [-0.3, -0.25) is 4.79 Å². The molecule has 0 atom stereocenters. The van der Waals surface area contributed by atoms with Crippen molar-refractivity contribution in [1.29, 1.82) is 0 Å². The summed E-state index contributed by atoms with van der Waals surface area (Å²) in [5.74, 6) is 1.03. The Morgan fingerprint density at radius 1 is 1.15 bits per heavy atom. The molecule has 4 rings (SSSR count). The highest BCUT2D eigenvalue weighted by Crippen LogP contribution is 2.51. The second kappa shape index (κ2) is 9.74. The number of pyridine rings is 1. The average molecular weight is 476 g/mol. The van der Waals surface area contributed by atoms with Crippen molar-refractivity contribution < 1.29 is 36.6 Å². The number of ether oxygens (including phenoxy) is 3. The zero-order valence-corrected chi connectivity index (χ0v) is 18.6. The summed E-state index contributed by atoms with van der Waals surface area (Å²) in [4.78, 5) is 21.1. The van der Waals surface area contributed by atoms with Crippen molar-refractivity contribution in [3.05, 3.63) is 53.7 Å². The lowest BCUT2D eigenvalue weighted by atomic mass is 10.0. The highest BCUT2D eigenvalue weighted by atomic mass is 19.4. The lowest BCUT2D eigenvalue weighted by Gasteiger charge is -2.17. The maximum absolute atomic E-state index is 12.7. The van der Waals surface area contributed by atoms with E-state index < -0.39 is 12.8 Å². The molecule has 0 N–H and O–H groups in total. The largest absolute Gasteiger partial charge is 0.495 e. The molecule has 0 spiro atoms. The van der Waals surface area contributed by atoms with Crippen molar-refractivity contribution in [3.8, 4) is 28.7 Å². The number of methoxy groups -OCH3 is 2. The van der Waals surface area contributed by atoms with Crippen LogP contribution in [0.4, 0.5) is 13.2 Å². The van der Waals surface area contributed by atoms with Gasteiger partial charge in [0.25, 0.3) is 0 Å². The number of ketones is 1. The maximum atomic E-state index is 12.7. The van der Waals surface area contributed by atoms with Crippen LogP contribution in [0.1, 0.15) is 46.9 Å². The third kappa shape index (κ3) is 5.32. The zero-order chi connectivity index (χ0) is 24.3. The molecule has 10 heteroatoms. The second-order valence-electron chi connectivity index (χ2n) is 7.86. The molecule has 0 amide bonds. The molecule has 2 aromatic heterocycles. The standard InChI is InChI=1S/C24H23F3N2O5/c1-31-19-4-3-11-28-21(19)17(30)9-7-15-12-33-23(29-15)16-8-10-18(34-13-24(25,26)27)20(14-5-6-14)22(16)32-2/h3-4,8,10-12,14H,5-7,9,13H2,1-2H3. The van der Waals surface area contributed by atoms with Gasteiger partial charge in [-0.25, -0.2) is 9.97 Å². The van der Waals surface area contributed by atoms with E-state index in [1.54, 1.807) is 18.2 Å². The van der Waals surface area contributed by atoms with E-state index >= 15 is 0 Å². The number of alkyl halides is 3. The summed E-state index contributed by atoms with van der Waals surface area (Å²) in [5.41, 5.74) is 1.89.